The van der Waals surface area contributed by atoms with Crippen LogP contribution >= 0.6 is 0 Å². The van der Waals surface area contributed by atoms with E-state index in [-0.39, 0.29) is 6.04 Å². The molecule has 110 valence electrons. The van der Waals surface area contributed by atoms with Gasteiger partial charge in [-0.05, 0) is 23.8 Å². The van der Waals surface area contributed by atoms with Gasteiger partial charge in [-0.2, -0.15) is 5.10 Å². The highest BCUT2D eigenvalue weighted by Gasteiger charge is 2.25. The summed E-state index contributed by atoms with van der Waals surface area (Å²) in [5, 5.41) is 15.9. The van der Waals surface area contributed by atoms with Crippen molar-refractivity contribution in [3.63, 3.8) is 0 Å². The Bertz CT molecular complexity index is 595. The van der Waals surface area contributed by atoms with E-state index < -0.39 is 5.97 Å². The zero-order valence-electron chi connectivity index (χ0n) is 11.5. The van der Waals surface area contributed by atoms with Crippen molar-refractivity contribution < 1.29 is 14.6 Å². The Balaban J connectivity index is 1.74. The van der Waals surface area contributed by atoms with Crippen molar-refractivity contribution in [2.24, 2.45) is 0 Å². The monoisotopic (exact) mass is 287 g/mol. The van der Waals surface area contributed by atoms with Crippen molar-refractivity contribution in [2.75, 3.05) is 19.8 Å². The number of nitrogens with zero attached hydrogens (tertiary/aromatic N) is 2. The molecule has 2 aromatic rings. The lowest BCUT2D eigenvalue weighted by molar-refractivity contribution is -0.0142. The molecule has 1 aliphatic heterocycles. The van der Waals surface area contributed by atoms with Crippen molar-refractivity contribution in [1.82, 2.24) is 15.1 Å². The predicted molar refractivity (Wildman–Crippen MR) is 76.0 cm³/mol. The molecule has 1 atom stereocenters. The largest absolute Gasteiger partial charge is 0.478 e. The number of rotatable bonds is 4. The number of H-pyrrole nitrogens is 1. The highest BCUT2D eigenvalue weighted by atomic mass is 16.5. The molecule has 0 aliphatic carbocycles. The molecule has 6 heteroatoms. The van der Waals surface area contributed by atoms with Gasteiger partial charge in [0.05, 0.1) is 30.5 Å². The summed E-state index contributed by atoms with van der Waals surface area (Å²) in [6.07, 6.45) is 1.74. The van der Waals surface area contributed by atoms with Gasteiger partial charge in [0.15, 0.2) is 0 Å². The lowest BCUT2D eigenvalue weighted by Crippen LogP contribution is -2.39. The first-order valence-corrected chi connectivity index (χ1v) is 6.87. The van der Waals surface area contributed by atoms with Gasteiger partial charge in [0.25, 0.3) is 0 Å². The third kappa shape index (κ3) is 3.12. The summed E-state index contributed by atoms with van der Waals surface area (Å²) in [6, 6.07) is 9.12. The number of morpholine rings is 1. The van der Waals surface area contributed by atoms with Crippen LogP contribution in [0.25, 0.3) is 0 Å². The van der Waals surface area contributed by atoms with Crippen molar-refractivity contribution in [3.05, 3.63) is 53.3 Å². The number of aromatic carboxylic acids is 1. The average Bonchev–Trinajstić information content (AvgIpc) is 3.02. The standard InChI is InChI=1S/C15H17N3O3/c19-15(20)12-3-1-11(2-4-12)9-18-7-8-21-10-14(18)13-5-6-16-17-13/h1-6,14H,7-10H2,(H,16,17)(H,19,20). The average molecular weight is 287 g/mol. The first kappa shape index (κ1) is 13.8. The van der Waals surface area contributed by atoms with Crippen LogP contribution in [0.3, 0.4) is 0 Å². The van der Waals surface area contributed by atoms with E-state index in [4.69, 9.17) is 9.84 Å². The van der Waals surface area contributed by atoms with Gasteiger partial charge in [0, 0.05) is 19.3 Å². The third-order valence-electron chi connectivity index (χ3n) is 3.71. The molecule has 21 heavy (non-hydrogen) atoms. The zero-order chi connectivity index (χ0) is 14.7. The Hall–Kier alpha value is -2.18. The molecular weight excluding hydrogens is 270 g/mol. The second-order valence-electron chi connectivity index (χ2n) is 5.08. The van der Waals surface area contributed by atoms with Crippen LogP contribution < -0.4 is 0 Å². The van der Waals surface area contributed by atoms with Crippen molar-refractivity contribution in [1.29, 1.82) is 0 Å². The fourth-order valence-electron chi connectivity index (χ4n) is 2.55. The molecule has 0 saturated carbocycles. The molecule has 0 spiro atoms. The zero-order valence-corrected chi connectivity index (χ0v) is 11.5. The number of aromatic amines is 1. The summed E-state index contributed by atoms with van der Waals surface area (Å²) in [5.41, 5.74) is 2.44. The Morgan fingerprint density at radius 3 is 2.86 bits per heavy atom. The van der Waals surface area contributed by atoms with E-state index in [1.807, 2.05) is 18.2 Å². The van der Waals surface area contributed by atoms with Crippen LogP contribution in [0.1, 0.15) is 27.7 Å². The van der Waals surface area contributed by atoms with E-state index in [0.29, 0.717) is 18.8 Å². The SMILES string of the molecule is O=C(O)c1ccc(CN2CCOCC2c2ccn[nH]2)cc1. The minimum atomic E-state index is -0.900. The van der Waals surface area contributed by atoms with Gasteiger partial charge < -0.3 is 9.84 Å². The Kier molecular flexibility index (Phi) is 3.98. The van der Waals surface area contributed by atoms with Gasteiger partial charge >= 0.3 is 5.97 Å². The van der Waals surface area contributed by atoms with E-state index in [2.05, 4.69) is 15.1 Å². The molecule has 0 radical (unpaired) electrons. The second kappa shape index (κ2) is 6.07. The Morgan fingerprint density at radius 1 is 1.38 bits per heavy atom. The lowest BCUT2D eigenvalue weighted by Gasteiger charge is -2.34. The summed E-state index contributed by atoms with van der Waals surface area (Å²) in [7, 11) is 0. The van der Waals surface area contributed by atoms with Gasteiger partial charge in [-0.15, -0.1) is 0 Å². The number of hydrogen-bond donors (Lipinski definition) is 2. The molecule has 1 unspecified atom stereocenters. The minimum absolute atomic E-state index is 0.153. The minimum Gasteiger partial charge on any atom is -0.478 e. The highest BCUT2D eigenvalue weighted by molar-refractivity contribution is 5.87. The number of aromatic nitrogens is 2. The van der Waals surface area contributed by atoms with Crippen LogP contribution in [0.5, 0.6) is 0 Å². The quantitative estimate of drug-likeness (QED) is 0.894. The smallest absolute Gasteiger partial charge is 0.335 e. The van der Waals surface area contributed by atoms with Crippen LogP contribution in [-0.4, -0.2) is 45.9 Å². The van der Waals surface area contributed by atoms with Crippen molar-refractivity contribution in [3.8, 4) is 0 Å². The molecule has 6 nitrogen and oxygen atoms in total. The van der Waals surface area contributed by atoms with Crippen LogP contribution in [0, 0.1) is 0 Å². The van der Waals surface area contributed by atoms with E-state index >= 15 is 0 Å². The van der Waals surface area contributed by atoms with E-state index in [9.17, 15) is 4.79 Å². The first-order valence-electron chi connectivity index (χ1n) is 6.87. The van der Waals surface area contributed by atoms with E-state index in [1.165, 1.54) is 0 Å². The normalized spacial score (nSPS) is 19.5. The molecule has 2 N–H and O–H groups in total. The van der Waals surface area contributed by atoms with Gasteiger partial charge in [0.2, 0.25) is 0 Å². The fourth-order valence-corrected chi connectivity index (χ4v) is 2.55. The number of carbonyl (C=O) groups is 1. The molecule has 0 amide bonds. The number of carboxylic acid groups (broad SMARTS) is 1. The van der Waals surface area contributed by atoms with Gasteiger partial charge in [-0.25, -0.2) is 4.79 Å². The third-order valence-corrected chi connectivity index (χ3v) is 3.71. The summed E-state index contributed by atoms with van der Waals surface area (Å²) in [4.78, 5) is 13.2. The molecule has 1 saturated heterocycles. The number of nitrogens with one attached hydrogen (secondary N) is 1. The maximum Gasteiger partial charge on any atom is 0.335 e. The van der Waals surface area contributed by atoms with Crippen LogP contribution in [-0.2, 0) is 11.3 Å². The van der Waals surface area contributed by atoms with E-state index in [1.54, 1.807) is 18.3 Å². The molecule has 1 fully saturated rings. The Morgan fingerprint density at radius 2 is 2.19 bits per heavy atom. The number of benzene rings is 1. The summed E-state index contributed by atoms with van der Waals surface area (Å²) >= 11 is 0. The number of carboxylic acids is 1. The number of hydrogen-bond acceptors (Lipinski definition) is 4. The highest BCUT2D eigenvalue weighted by Crippen LogP contribution is 2.24. The van der Waals surface area contributed by atoms with Crippen LogP contribution in [0.4, 0.5) is 0 Å². The molecular formula is C15H17N3O3. The molecule has 0 bridgehead atoms. The topological polar surface area (TPSA) is 78.4 Å². The van der Waals surface area contributed by atoms with Crippen molar-refractivity contribution in [2.45, 2.75) is 12.6 Å². The fraction of sp³-hybridized carbons (Fsp3) is 0.333. The maximum absolute atomic E-state index is 10.9. The summed E-state index contributed by atoms with van der Waals surface area (Å²) in [6.45, 7) is 2.94. The molecule has 1 aliphatic rings. The van der Waals surface area contributed by atoms with Gasteiger partial charge in [-0.1, -0.05) is 12.1 Å². The lowest BCUT2D eigenvalue weighted by atomic mass is 10.1. The first-order chi connectivity index (χ1) is 10.2. The predicted octanol–water partition coefficient (Wildman–Crippen LogP) is 1.68. The molecule has 3 rings (SSSR count). The maximum atomic E-state index is 10.9. The summed E-state index contributed by atoms with van der Waals surface area (Å²) < 4.78 is 5.56. The van der Waals surface area contributed by atoms with Gasteiger partial charge in [0.1, 0.15) is 0 Å². The van der Waals surface area contributed by atoms with E-state index in [0.717, 1.165) is 24.3 Å². The van der Waals surface area contributed by atoms with Gasteiger partial charge in [-0.3, -0.25) is 10.00 Å². The molecule has 2 heterocycles. The Labute approximate surface area is 122 Å². The van der Waals surface area contributed by atoms with Crippen LogP contribution in [0.2, 0.25) is 0 Å². The number of ether oxygens (including phenoxy) is 1. The molecule has 1 aromatic heterocycles. The molecule has 1 aromatic carbocycles. The second-order valence-corrected chi connectivity index (χ2v) is 5.08. The summed E-state index contributed by atoms with van der Waals surface area (Å²) in [5.74, 6) is -0.900. The van der Waals surface area contributed by atoms with Crippen LogP contribution in [0.15, 0.2) is 36.5 Å². The van der Waals surface area contributed by atoms with Crippen molar-refractivity contribution >= 4 is 5.97 Å².